The summed E-state index contributed by atoms with van der Waals surface area (Å²) in [6, 6.07) is 5.75. The van der Waals surface area contributed by atoms with Gasteiger partial charge in [0.25, 0.3) is 0 Å². The minimum absolute atomic E-state index is 0. The molecule has 0 aromatic heterocycles. The number of aromatic hydroxyl groups is 1. The summed E-state index contributed by atoms with van der Waals surface area (Å²) in [7, 11) is -4.62. The van der Waals surface area contributed by atoms with Gasteiger partial charge in [0.1, 0.15) is 5.75 Å². The summed E-state index contributed by atoms with van der Waals surface area (Å²) in [5, 5.41) is 9.09. The van der Waals surface area contributed by atoms with E-state index < -0.39 is 13.3 Å². The summed E-state index contributed by atoms with van der Waals surface area (Å²) in [6.45, 7) is 1.94. The third-order valence-corrected chi connectivity index (χ3v) is 3.81. The van der Waals surface area contributed by atoms with E-state index in [4.69, 9.17) is 5.11 Å². The average Bonchev–Trinajstić information content (AvgIpc) is 2.19. The Bertz CT molecular complexity index is 374. The van der Waals surface area contributed by atoms with E-state index in [0.29, 0.717) is 18.4 Å². The predicted molar refractivity (Wildman–Crippen MR) is 63.7 cm³/mol. The Morgan fingerprint density at radius 3 is 2.24 bits per heavy atom. The molecule has 0 bridgehead atoms. The predicted octanol–water partition coefficient (Wildman–Crippen LogP) is 1.16. The van der Waals surface area contributed by atoms with Crippen LogP contribution in [0.3, 0.4) is 0 Å². The third-order valence-electron chi connectivity index (χ3n) is 2.49. The van der Waals surface area contributed by atoms with Gasteiger partial charge in [-0.05, 0) is 24.1 Å². The molecular formula is C11H15CaO4P. The molecule has 0 aliphatic heterocycles. The molecule has 4 nitrogen and oxygen atoms in total. The van der Waals surface area contributed by atoms with Gasteiger partial charge in [-0.15, -0.1) is 0 Å². The number of hydrogen-bond acceptors (Lipinski definition) is 4. The molecule has 1 atom stereocenters. The normalized spacial score (nSPS) is 12.9. The Hall–Kier alpha value is 0.430. The van der Waals surface area contributed by atoms with E-state index in [0.717, 1.165) is 6.42 Å². The molecule has 1 unspecified atom stereocenters. The van der Waals surface area contributed by atoms with Crippen LogP contribution in [0.1, 0.15) is 37.4 Å². The Labute approximate surface area is 131 Å². The second-order valence-corrected chi connectivity index (χ2v) is 5.49. The average molecular weight is 282 g/mol. The van der Waals surface area contributed by atoms with Gasteiger partial charge in [0.2, 0.25) is 0 Å². The van der Waals surface area contributed by atoms with E-state index in [1.807, 2.05) is 6.92 Å². The molecule has 0 radical (unpaired) electrons. The van der Waals surface area contributed by atoms with Crippen LogP contribution in [-0.4, -0.2) is 42.8 Å². The molecule has 0 fully saturated rings. The Morgan fingerprint density at radius 1 is 1.29 bits per heavy atom. The van der Waals surface area contributed by atoms with Gasteiger partial charge in [-0.1, -0.05) is 39.5 Å². The van der Waals surface area contributed by atoms with Crippen LogP contribution < -0.4 is 9.79 Å². The Balaban J connectivity index is 0.00000256. The number of benzene rings is 1. The summed E-state index contributed by atoms with van der Waals surface area (Å²) in [5.74, 6) is 0.0598. The van der Waals surface area contributed by atoms with Crippen molar-refractivity contribution in [2.45, 2.75) is 31.8 Å². The maximum atomic E-state index is 11.1. The second kappa shape index (κ2) is 7.77. The minimum Gasteiger partial charge on any atom is -0.810 e. The van der Waals surface area contributed by atoms with E-state index >= 15 is 0 Å². The Morgan fingerprint density at radius 2 is 1.82 bits per heavy atom. The molecule has 0 aliphatic carbocycles. The molecule has 0 spiro atoms. The molecule has 1 aromatic carbocycles. The van der Waals surface area contributed by atoms with Gasteiger partial charge in [-0.2, -0.15) is 0 Å². The summed E-state index contributed by atoms with van der Waals surface area (Å²) < 4.78 is 11.1. The van der Waals surface area contributed by atoms with Crippen molar-refractivity contribution in [2.24, 2.45) is 0 Å². The van der Waals surface area contributed by atoms with Crippen LogP contribution in [0.25, 0.3) is 0 Å². The first-order valence-electron chi connectivity index (χ1n) is 5.25. The van der Waals surface area contributed by atoms with Crippen molar-refractivity contribution in [1.82, 2.24) is 0 Å². The Kier molecular flexibility index (Phi) is 7.97. The topological polar surface area (TPSA) is 83.4 Å². The molecule has 90 valence electrons. The van der Waals surface area contributed by atoms with Crippen molar-refractivity contribution in [1.29, 1.82) is 0 Å². The van der Waals surface area contributed by atoms with Crippen molar-refractivity contribution in [3.05, 3.63) is 29.8 Å². The molecule has 1 N–H and O–H groups in total. The van der Waals surface area contributed by atoms with Gasteiger partial charge >= 0.3 is 37.7 Å². The quantitative estimate of drug-likeness (QED) is 0.648. The molecule has 0 saturated heterocycles. The molecule has 0 aliphatic rings. The van der Waals surface area contributed by atoms with E-state index in [-0.39, 0.29) is 43.5 Å². The first-order valence-corrected chi connectivity index (χ1v) is 6.87. The third kappa shape index (κ3) is 5.73. The standard InChI is InChI=1S/C11H17O4P.Ca/c1-2-3-4-11(16(13,14)15)9-5-7-10(12)8-6-9;/h5-8,11-12H,2-4H2,1H3,(H2,13,14,15);/q;+2/p-2. The number of hydrogen-bond donors (Lipinski definition) is 1. The van der Waals surface area contributed by atoms with Crippen molar-refractivity contribution in [3.8, 4) is 5.75 Å². The fourth-order valence-electron chi connectivity index (χ4n) is 1.60. The molecule has 6 heteroatoms. The van der Waals surface area contributed by atoms with E-state index in [2.05, 4.69) is 0 Å². The van der Waals surface area contributed by atoms with Crippen LogP contribution in [0.2, 0.25) is 0 Å². The van der Waals surface area contributed by atoms with Gasteiger partial charge in [-0.3, -0.25) is 0 Å². The minimum atomic E-state index is -4.62. The van der Waals surface area contributed by atoms with Crippen LogP contribution in [0.5, 0.6) is 5.75 Å². The van der Waals surface area contributed by atoms with Gasteiger partial charge < -0.3 is 19.5 Å². The van der Waals surface area contributed by atoms with Crippen LogP contribution >= 0.6 is 7.60 Å². The molecule has 0 amide bonds. The number of phenolic OH excluding ortho intramolecular Hbond substituents is 1. The second-order valence-electron chi connectivity index (χ2n) is 3.79. The van der Waals surface area contributed by atoms with Gasteiger partial charge in [0, 0.05) is 5.66 Å². The largest absolute Gasteiger partial charge is 2.00 e. The fourth-order valence-corrected chi connectivity index (χ4v) is 2.64. The smallest absolute Gasteiger partial charge is 0.810 e. The van der Waals surface area contributed by atoms with E-state index in [1.165, 1.54) is 24.3 Å². The van der Waals surface area contributed by atoms with Crippen molar-refractivity contribution >= 4 is 45.3 Å². The summed E-state index contributed by atoms with van der Waals surface area (Å²) in [6.07, 6.45) is 1.88. The molecule has 17 heavy (non-hydrogen) atoms. The number of rotatable bonds is 5. The maximum absolute atomic E-state index is 11.1. The molecule has 1 rings (SSSR count). The molecular weight excluding hydrogens is 267 g/mol. The van der Waals surface area contributed by atoms with Crippen molar-refractivity contribution in [3.63, 3.8) is 0 Å². The molecule has 1 aromatic rings. The number of unbranched alkanes of at least 4 members (excludes halogenated alkanes) is 1. The molecule has 0 saturated carbocycles. The van der Waals surface area contributed by atoms with Crippen LogP contribution in [-0.2, 0) is 4.57 Å². The molecule has 0 heterocycles. The summed E-state index contributed by atoms with van der Waals surface area (Å²) in [4.78, 5) is 22.3. The SMILES string of the molecule is CCCCC(c1ccc(O)cc1)P(=O)([O-])[O-].[Ca+2]. The van der Waals surface area contributed by atoms with Crippen LogP contribution in [0.15, 0.2) is 24.3 Å². The van der Waals surface area contributed by atoms with Crippen molar-refractivity contribution < 1.29 is 19.5 Å². The van der Waals surface area contributed by atoms with Crippen LogP contribution in [0, 0.1) is 0 Å². The zero-order valence-corrected chi connectivity index (χ0v) is 12.9. The maximum Gasteiger partial charge on any atom is 2.00 e. The van der Waals surface area contributed by atoms with Gasteiger partial charge in [0.15, 0.2) is 0 Å². The fraction of sp³-hybridized carbons (Fsp3) is 0.455. The first kappa shape index (κ1) is 17.4. The first-order chi connectivity index (χ1) is 7.45. The summed E-state index contributed by atoms with van der Waals surface area (Å²) >= 11 is 0. The van der Waals surface area contributed by atoms with Gasteiger partial charge in [0.05, 0.1) is 0 Å². The zero-order valence-electron chi connectivity index (χ0n) is 9.83. The number of phenols is 1. The van der Waals surface area contributed by atoms with E-state index in [9.17, 15) is 14.4 Å². The monoisotopic (exact) mass is 282 g/mol. The van der Waals surface area contributed by atoms with Crippen molar-refractivity contribution in [2.75, 3.05) is 0 Å². The van der Waals surface area contributed by atoms with Gasteiger partial charge in [-0.25, -0.2) is 0 Å². The zero-order chi connectivity index (χ0) is 12.2. The van der Waals surface area contributed by atoms with Crippen LogP contribution in [0.4, 0.5) is 0 Å². The van der Waals surface area contributed by atoms with E-state index in [1.54, 1.807) is 0 Å². The summed E-state index contributed by atoms with van der Waals surface area (Å²) in [5.41, 5.74) is -0.521.